The largest absolute Gasteiger partial charge is 0.453 e. The Kier molecular flexibility index (Phi) is 6.00. The van der Waals surface area contributed by atoms with Crippen molar-refractivity contribution in [2.24, 2.45) is 0 Å². The normalized spacial score (nSPS) is 18.5. The number of fused-ring (bicyclic) bond motifs is 1. The van der Waals surface area contributed by atoms with Gasteiger partial charge in [0.2, 0.25) is 10.0 Å². The summed E-state index contributed by atoms with van der Waals surface area (Å²) in [5.74, 6) is -0.789. The molecule has 0 bridgehead atoms. The van der Waals surface area contributed by atoms with E-state index >= 15 is 0 Å². The zero-order valence-electron chi connectivity index (χ0n) is 12.2. The number of aliphatic hydroxyl groups excluding tert-OH is 1. The van der Waals surface area contributed by atoms with E-state index in [4.69, 9.17) is 49.1 Å². The molecule has 24 heavy (non-hydrogen) atoms. The maximum atomic E-state index is 12.1. The fourth-order valence-electron chi connectivity index (χ4n) is 1.78. The molecule has 0 saturated carbocycles. The molecule has 0 spiro atoms. The third kappa shape index (κ3) is 4.34. The van der Waals surface area contributed by atoms with Crippen molar-refractivity contribution in [2.75, 3.05) is 11.7 Å². The van der Waals surface area contributed by atoms with Crippen molar-refractivity contribution in [2.45, 2.75) is 23.2 Å². The maximum absolute atomic E-state index is 12.1. The van der Waals surface area contributed by atoms with E-state index in [-0.39, 0.29) is 18.0 Å². The molecule has 1 heterocycles. The Morgan fingerprint density at radius 1 is 1.46 bits per heavy atom. The number of amides is 2. The number of rotatable bonds is 4. The van der Waals surface area contributed by atoms with Crippen LogP contribution in [0.2, 0.25) is 0 Å². The number of hydroxylamine groups is 1. The Morgan fingerprint density at radius 3 is 2.75 bits per heavy atom. The lowest BCUT2D eigenvalue weighted by Gasteiger charge is -2.35. The van der Waals surface area contributed by atoms with Gasteiger partial charge in [-0.3, -0.25) is 10.1 Å². The third-order valence-corrected chi connectivity index (χ3v) is 3.36. The number of hydrogen-bond acceptors (Lipinski definition) is 6. The van der Waals surface area contributed by atoms with Crippen LogP contribution in [0.1, 0.15) is 6.92 Å². The summed E-state index contributed by atoms with van der Waals surface area (Å²) in [6, 6.07) is 6.22. The summed E-state index contributed by atoms with van der Waals surface area (Å²) in [6.07, 6.45) is -4.30. The molecule has 8 nitrogen and oxygen atoms in total. The number of carbonyl (C=O) groups excluding carboxylic acids is 2. The number of halogens is 3. The van der Waals surface area contributed by atoms with Gasteiger partial charge in [-0.05, 0) is 19.1 Å². The van der Waals surface area contributed by atoms with Gasteiger partial charge < -0.3 is 14.6 Å². The summed E-state index contributed by atoms with van der Waals surface area (Å²) in [6.45, 7) is 1.67. The highest BCUT2D eigenvalue weighted by Crippen LogP contribution is 2.37. The molecule has 11 heteroatoms. The van der Waals surface area contributed by atoms with Crippen LogP contribution >= 0.6 is 34.8 Å². The molecule has 0 aliphatic carbocycles. The molecule has 132 valence electrons. The van der Waals surface area contributed by atoms with Crippen molar-refractivity contribution < 1.29 is 29.0 Å². The van der Waals surface area contributed by atoms with E-state index in [1.165, 1.54) is 12.1 Å². The monoisotopic (exact) mass is 398 g/mol. The number of benzene rings is 1. The Labute approximate surface area is 152 Å². The van der Waals surface area contributed by atoms with Crippen LogP contribution < -0.4 is 15.1 Å². The minimum absolute atomic E-state index is 0.0798. The van der Waals surface area contributed by atoms with E-state index in [0.29, 0.717) is 5.06 Å². The van der Waals surface area contributed by atoms with Gasteiger partial charge in [0.1, 0.15) is 11.4 Å². The van der Waals surface area contributed by atoms with Crippen LogP contribution in [0.5, 0.6) is 5.75 Å². The third-order valence-electron chi connectivity index (χ3n) is 2.77. The number of alkyl halides is 3. The molecule has 1 aromatic carbocycles. The number of nitrogens with one attached hydrogen (secondary N) is 1. The first-order valence-corrected chi connectivity index (χ1v) is 7.82. The van der Waals surface area contributed by atoms with Gasteiger partial charge in [-0.2, -0.15) is 5.06 Å². The van der Waals surface area contributed by atoms with Gasteiger partial charge >= 0.3 is 12.0 Å². The van der Waals surface area contributed by atoms with Crippen LogP contribution in [0.3, 0.4) is 0 Å². The van der Waals surface area contributed by atoms with Gasteiger partial charge in [0.15, 0.2) is 0 Å². The van der Waals surface area contributed by atoms with E-state index in [1.807, 2.05) is 0 Å². The van der Waals surface area contributed by atoms with E-state index in [9.17, 15) is 14.7 Å². The predicted octanol–water partition coefficient (Wildman–Crippen LogP) is 2.10. The van der Waals surface area contributed by atoms with Crippen molar-refractivity contribution >= 4 is 52.5 Å². The summed E-state index contributed by atoms with van der Waals surface area (Å²) in [4.78, 5) is 29.0. The Morgan fingerprint density at radius 2 is 2.12 bits per heavy atom. The highest BCUT2D eigenvalue weighted by molar-refractivity contribution is 6.68. The Bertz CT molecular complexity index is 624. The number of hydrogen-bond donors (Lipinski definition) is 2. The quantitative estimate of drug-likeness (QED) is 0.594. The number of carbonyl (C=O) groups is 2. The van der Waals surface area contributed by atoms with Crippen molar-refractivity contribution in [1.29, 1.82) is 0 Å². The average Bonchev–Trinajstić information content (AvgIpc) is 2.50. The predicted molar refractivity (Wildman–Crippen MR) is 85.9 cm³/mol. The molecule has 2 rings (SSSR count). The van der Waals surface area contributed by atoms with Gasteiger partial charge in [-0.1, -0.05) is 46.9 Å². The molecule has 2 N–H and O–H groups in total. The number of aliphatic hydroxyl groups is 1. The second-order valence-electron chi connectivity index (χ2n) is 4.46. The lowest BCUT2D eigenvalue weighted by Crippen LogP contribution is -2.54. The first-order chi connectivity index (χ1) is 11.2. The number of nitrogens with zero attached hydrogens (tertiary/aromatic N) is 1. The summed E-state index contributed by atoms with van der Waals surface area (Å²) < 4.78 is 7.59. The maximum Gasteiger partial charge on any atom is 0.409 e. The van der Waals surface area contributed by atoms with Crippen molar-refractivity contribution in [3.8, 4) is 5.75 Å². The second kappa shape index (κ2) is 7.62. The molecule has 0 unspecified atom stereocenters. The second-order valence-corrected chi connectivity index (χ2v) is 6.83. The van der Waals surface area contributed by atoms with Crippen LogP contribution in [0.15, 0.2) is 24.3 Å². The number of alkyl carbamates (subject to hydrolysis) is 1. The van der Waals surface area contributed by atoms with E-state index in [0.717, 1.165) is 0 Å². The molecule has 0 aromatic heterocycles. The molecule has 1 aliphatic heterocycles. The fourth-order valence-corrected chi connectivity index (χ4v) is 2.06. The van der Waals surface area contributed by atoms with Crippen LogP contribution in [0.4, 0.5) is 10.5 Å². The molecular formula is C13H13Cl3N2O6. The minimum Gasteiger partial charge on any atom is -0.453 e. The van der Waals surface area contributed by atoms with Crippen molar-refractivity contribution in [3.05, 3.63) is 24.3 Å². The molecular weight excluding hydrogens is 387 g/mol. The Hall–Kier alpha value is -1.45. The van der Waals surface area contributed by atoms with Crippen LogP contribution in [-0.4, -0.2) is 40.0 Å². The zero-order chi connectivity index (χ0) is 17.9. The van der Waals surface area contributed by atoms with E-state index in [2.05, 4.69) is 5.32 Å². The summed E-state index contributed by atoms with van der Waals surface area (Å²) >= 11 is 17.3. The number of para-hydroxylation sites is 2. The van der Waals surface area contributed by atoms with Gasteiger partial charge in [0, 0.05) is 0 Å². The SMILES string of the molecule is CCOC(=O)N[C@@H](ON1C(=O)[C@@H](O)Oc2ccccc21)C(Cl)(Cl)Cl. The minimum atomic E-state index is -2.13. The van der Waals surface area contributed by atoms with Gasteiger partial charge in [-0.15, -0.1) is 0 Å². The topological polar surface area (TPSA) is 97.3 Å². The van der Waals surface area contributed by atoms with Gasteiger partial charge in [-0.25, -0.2) is 9.63 Å². The molecule has 0 radical (unpaired) electrons. The standard InChI is InChI=1S/C13H13Cl3N2O6/c1-2-22-12(21)17-11(13(14,15)16)24-18-7-5-3-4-6-8(7)23-10(20)9(18)19/h3-6,10-11,20H,2H2,1H3,(H,17,21)/t10-,11-/m0/s1. The summed E-state index contributed by atoms with van der Waals surface area (Å²) in [7, 11) is 0. The van der Waals surface area contributed by atoms with Crippen LogP contribution in [0.25, 0.3) is 0 Å². The Balaban J connectivity index is 2.27. The van der Waals surface area contributed by atoms with E-state index in [1.54, 1.807) is 19.1 Å². The van der Waals surface area contributed by atoms with Crippen molar-refractivity contribution in [1.82, 2.24) is 5.32 Å². The van der Waals surface area contributed by atoms with E-state index < -0.39 is 28.3 Å². The highest BCUT2D eigenvalue weighted by atomic mass is 35.6. The van der Waals surface area contributed by atoms with Gasteiger partial charge in [0.25, 0.3) is 6.29 Å². The smallest absolute Gasteiger partial charge is 0.409 e. The molecule has 2 atom stereocenters. The molecule has 0 saturated heterocycles. The summed E-state index contributed by atoms with van der Waals surface area (Å²) in [5, 5.41) is 12.5. The molecule has 2 amide bonds. The first-order valence-electron chi connectivity index (χ1n) is 6.68. The zero-order valence-corrected chi connectivity index (χ0v) is 14.5. The molecule has 1 aromatic rings. The molecule has 1 aliphatic rings. The highest BCUT2D eigenvalue weighted by Gasteiger charge is 2.42. The number of ether oxygens (including phenoxy) is 2. The molecule has 0 fully saturated rings. The lowest BCUT2D eigenvalue weighted by atomic mass is 10.2. The van der Waals surface area contributed by atoms with Gasteiger partial charge in [0.05, 0.1) is 6.61 Å². The fraction of sp³-hybridized carbons (Fsp3) is 0.385. The number of anilines is 1. The van der Waals surface area contributed by atoms with Crippen LogP contribution in [0, 0.1) is 0 Å². The van der Waals surface area contributed by atoms with Crippen molar-refractivity contribution in [3.63, 3.8) is 0 Å². The lowest BCUT2D eigenvalue weighted by molar-refractivity contribution is -0.154. The summed E-state index contributed by atoms with van der Waals surface area (Å²) in [5.41, 5.74) is 0.165. The average molecular weight is 400 g/mol. The van der Waals surface area contributed by atoms with Crippen LogP contribution in [-0.2, 0) is 14.4 Å². The first kappa shape index (κ1) is 18.9.